The van der Waals surface area contributed by atoms with Gasteiger partial charge in [0.1, 0.15) is 0 Å². The molecule has 2 aromatic rings. The van der Waals surface area contributed by atoms with Crippen molar-refractivity contribution < 1.29 is 9.90 Å². The molecule has 1 N–H and O–H groups in total. The van der Waals surface area contributed by atoms with Gasteiger partial charge in [-0.3, -0.25) is 14.2 Å². The summed E-state index contributed by atoms with van der Waals surface area (Å²) in [7, 11) is 0. The van der Waals surface area contributed by atoms with E-state index in [-0.39, 0.29) is 18.1 Å². The van der Waals surface area contributed by atoms with Crippen molar-refractivity contribution in [3.8, 4) is 0 Å². The molecule has 0 unspecified atom stereocenters. The second-order valence-corrected chi connectivity index (χ2v) is 9.62. The van der Waals surface area contributed by atoms with E-state index in [0.29, 0.717) is 46.9 Å². The highest BCUT2D eigenvalue weighted by Crippen LogP contribution is 2.36. The fourth-order valence-electron chi connectivity index (χ4n) is 4.46. The molecule has 1 amide bonds. The first-order chi connectivity index (χ1) is 14.6. The SMILES string of the molecule is CC1CCC(N(C(=O)CSc2nc3ccccc3c(=O)n2CCCO)C2CC2)CC1. The van der Waals surface area contributed by atoms with Crippen LogP contribution in [0.1, 0.15) is 51.9 Å². The minimum atomic E-state index is -0.107. The third-order valence-corrected chi connectivity index (χ3v) is 7.26. The molecule has 4 rings (SSSR count). The number of hydrogen-bond donors (Lipinski definition) is 1. The molecule has 0 bridgehead atoms. The maximum Gasteiger partial charge on any atom is 0.262 e. The number of carbonyl (C=O) groups excluding carboxylic acids is 1. The van der Waals surface area contributed by atoms with Crippen molar-refractivity contribution in [1.82, 2.24) is 14.5 Å². The largest absolute Gasteiger partial charge is 0.396 e. The maximum absolute atomic E-state index is 13.2. The van der Waals surface area contributed by atoms with Crippen LogP contribution in [0.4, 0.5) is 0 Å². The highest BCUT2D eigenvalue weighted by molar-refractivity contribution is 7.99. The summed E-state index contributed by atoms with van der Waals surface area (Å²) in [5.74, 6) is 1.22. The Morgan fingerprint density at radius 3 is 2.50 bits per heavy atom. The number of aliphatic hydroxyl groups excluding tert-OH is 1. The Hall–Kier alpha value is -1.86. The third-order valence-electron chi connectivity index (χ3n) is 6.30. The van der Waals surface area contributed by atoms with Gasteiger partial charge in [-0.1, -0.05) is 30.8 Å². The van der Waals surface area contributed by atoms with Gasteiger partial charge in [0.25, 0.3) is 5.56 Å². The van der Waals surface area contributed by atoms with Crippen molar-refractivity contribution in [2.45, 2.75) is 75.7 Å². The lowest BCUT2D eigenvalue weighted by molar-refractivity contribution is -0.132. The van der Waals surface area contributed by atoms with E-state index in [0.717, 1.165) is 31.6 Å². The fraction of sp³-hybridized carbons (Fsp3) is 0.609. The molecular formula is C23H31N3O3S. The highest BCUT2D eigenvalue weighted by Gasteiger charge is 2.38. The molecule has 0 aliphatic heterocycles. The Morgan fingerprint density at radius 1 is 1.17 bits per heavy atom. The van der Waals surface area contributed by atoms with Crippen molar-refractivity contribution >= 4 is 28.6 Å². The first-order valence-corrected chi connectivity index (χ1v) is 12.1. The lowest BCUT2D eigenvalue weighted by Crippen LogP contribution is -2.44. The Bertz CT molecular complexity index is 948. The van der Waals surface area contributed by atoms with Gasteiger partial charge in [0.15, 0.2) is 5.16 Å². The number of aromatic nitrogens is 2. The van der Waals surface area contributed by atoms with Crippen LogP contribution in [0.3, 0.4) is 0 Å². The molecule has 0 spiro atoms. The van der Waals surface area contributed by atoms with Crippen LogP contribution in [0.5, 0.6) is 0 Å². The van der Waals surface area contributed by atoms with Crippen molar-refractivity contribution in [2.24, 2.45) is 5.92 Å². The third kappa shape index (κ3) is 4.72. The summed E-state index contributed by atoms with van der Waals surface area (Å²) in [4.78, 5) is 33.0. The van der Waals surface area contributed by atoms with Crippen LogP contribution >= 0.6 is 11.8 Å². The fourth-order valence-corrected chi connectivity index (χ4v) is 5.36. The van der Waals surface area contributed by atoms with Crippen molar-refractivity contribution in [3.05, 3.63) is 34.6 Å². The van der Waals surface area contributed by atoms with Crippen LogP contribution in [0.15, 0.2) is 34.2 Å². The minimum Gasteiger partial charge on any atom is -0.396 e. The number of fused-ring (bicyclic) bond motifs is 1. The number of hydrogen-bond acceptors (Lipinski definition) is 5. The number of rotatable bonds is 8. The summed E-state index contributed by atoms with van der Waals surface area (Å²) in [6.07, 6.45) is 7.29. The Labute approximate surface area is 181 Å². The summed E-state index contributed by atoms with van der Waals surface area (Å²) in [6.45, 7) is 2.71. The summed E-state index contributed by atoms with van der Waals surface area (Å²) in [5, 5.41) is 10.4. The van der Waals surface area contributed by atoms with E-state index in [4.69, 9.17) is 0 Å². The molecule has 2 aliphatic rings. The Balaban J connectivity index is 1.53. The van der Waals surface area contributed by atoms with Crippen LogP contribution in [0.2, 0.25) is 0 Å². The van der Waals surface area contributed by atoms with Gasteiger partial charge >= 0.3 is 0 Å². The normalized spacial score (nSPS) is 21.7. The number of para-hydroxylation sites is 1. The molecule has 2 fully saturated rings. The van der Waals surface area contributed by atoms with E-state index in [2.05, 4.69) is 16.8 Å². The minimum absolute atomic E-state index is 0.0118. The average Bonchev–Trinajstić information content (AvgIpc) is 3.58. The standard InChI is InChI=1S/C23H31N3O3S/c1-16-7-9-17(10-8-16)26(18-11-12-18)21(28)15-30-23-24-20-6-3-2-5-19(20)22(29)25(23)13-4-14-27/h2-3,5-6,16-18,27H,4,7-15H2,1H3. The van der Waals surface area contributed by atoms with Gasteiger partial charge in [-0.05, 0) is 63.0 Å². The van der Waals surface area contributed by atoms with E-state index in [1.165, 1.54) is 24.6 Å². The molecule has 2 aliphatic carbocycles. The lowest BCUT2D eigenvalue weighted by Gasteiger charge is -2.36. The zero-order chi connectivity index (χ0) is 21.1. The van der Waals surface area contributed by atoms with E-state index < -0.39 is 0 Å². The summed E-state index contributed by atoms with van der Waals surface area (Å²) in [6, 6.07) is 8.07. The van der Waals surface area contributed by atoms with Gasteiger partial charge < -0.3 is 10.0 Å². The predicted molar refractivity (Wildman–Crippen MR) is 120 cm³/mol. The summed E-state index contributed by atoms with van der Waals surface area (Å²) < 4.78 is 1.61. The van der Waals surface area contributed by atoms with Gasteiger partial charge in [-0.2, -0.15) is 0 Å². The average molecular weight is 430 g/mol. The second-order valence-electron chi connectivity index (χ2n) is 8.68. The molecule has 162 valence electrons. The lowest BCUT2D eigenvalue weighted by atomic mass is 9.86. The quantitative estimate of drug-likeness (QED) is 0.514. The summed E-state index contributed by atoms with van der Waals surface area (Å²) >= 11 is 1.35. The van der Waals surface area contributed by atoms with Crippen LogP contribution in [0.25, 0.3) is 10.9 Å². The van der Waals surface area contributed by atoms with Gasteiger partial charge in [0, 0.05) is 25.2 Å². The van der Waals surface area contributed by atoms with E-state index in [1.807, 2.05) is 18.2 Å². The molecular weight excluding hydrogens is 398 g/mol. The first-order valence-electron chi connectivity index (χ1n) is 11.1. The van der Waals surface area contributed by atoms with E-state index in [1.54, 1.807) is 10.6 Å². The summed E-state index contributed by atoms with van der Waals surface area (Å²) in [5.41, 5.74) is 0.544. The van der Waals surface area contributed by atoms with Crippen LogP contribution in [0, 0.1) is 5.92 Å². The molecule has 6 nitrogen and oxygen atoms in total. The Morgan fingerprint density at radius 2 is 1.83 bits per heavy atom. The molecule has 30 heavy (non-hydrogen) atoms. The number of aliphatic hydroxyl groups is 1. The van der Waals surface area contributed by atoms with Crippen LogP contribution in [-0.4, -0.2) is 49.9 Å². The van der Waals surface area contributed by atoms with E-state index >= 15 is 0 Å². The molecule has 0 atom stereocenters. The number of benzene rings is 1. The van der Waals surface area contributed by atoms with Gasteiger partial charge in [-0.25, -0.2) is 4.98 Å². The van der Waals surface area contributed by atoms with Gasteiger partial charge in [0.2, 0.25) is 5.91 Å². The molecule has 1 heterocycles. The molecule has 0 saturated heterocycles. The van der Waals surface area contributed by atoms with Crippen LogP contribution in [-0.2, 0) is 11.3 Å². The smallest absolute Gasteiger partial charge is 0.262 e. The number of thioether (sulfide) groups is 1. The predicted octanol–water partition coefficient (Wildman–Crippen LogP) is 3.44. The molecule has 1 aromatic carbocycles. The molecule has 1 aromatic heterocycles. The van der Waals surface area contributed by atoms with Crippen molar-refractivity contribution in [2.75, 3.05) is 12.4 Å². The van der Waals surface area contributed by atoms with Crippen molar-refractivity contribution in [1.29, 1.82) is 0 Å². The van der Waals surface area contributed by atoms with Crippen molar-refractivity contribution in [3.63, 3.8) is 0 Å². The van der Waals surface area contributed by atoms with E-state index in [9.17, 15) is 14.7 Å². The number of carbonyl (C=O) groups is 1. The first kappa shape index (κ1) is 21.4. The second kappa shape index (κ2) is 9.52. The molecule has 7 heteroatoms. The molecule has 2 saturated carbocycles. The Kier molecular flexibility index (Phi) is 6.78. The number of amides is 1. The zero-order valence-electron chi connectivity index (χ0n) is 17.6. The molecule has 0 radical (unpaired) electrons. The number of nitrogens with zero attached hydrogens (tertiary/aromatic N) is 3. The maximum atomic E-state index is 13.2. The monoisotopic (exact) mass is 429 g/mol. The topological polar surface area (TPSA) is 75.4 Å². The zero-order valence-corrected chi connectivity index (χ0v) is 18.4. The van der Waals surface area contributed by atoms with Gasteiger partial charge in [-0.15, -0.1) is 0 Å². The van der Waals surface area contributed by atoms with Gasteiger partial charge in [0.05, 0.1) is 16.7 Å². The highest BCUT2D eigenvalue weighted by atomic mass is 32.2. The van der Waals surface area contributed by atoms with Crippen LogP contribution < -0.4 is 5.56 Å².